The summed E-state index contributed by atoms with van der Waals surface area (Å²) in [7, 11) is 0. The summed E-state index contributed by atoms with van der Waals surface area (Å²) in [5, 5.41) is 10.1. The molecule has 0 spiro atoms. The van der Waals surface area contributed by atoms with E-state index in [0.29, 0.717) is 21.4 Å². The van der Waals surface area contributed by atoms with E-state index in [1.165, 1.54) is 0 Å². The number of hydrogen-bond acceptors (Lipinski definition) is 2. The SMILES string of the molecule is CC1=C(C(=O)Nc2ccccc2)[C@H](c2ccccc2Cl)NC(=S)N1. The van der Waals surface area contributed by atoms with E-state index >= 15 is 0 Å². The highest BCUT2D eigenvalue weighted by molar-refractivity contribution is 7.80. The minimum absolute atomic E-state index is 0.203. The first-order chi connectivity index (χ1) is 11.6. The first-order valence-electron chi connectivity index (χ1n) is 7.45. The molecule has 1 atom stereocenters. The number of nitrogens with one attached hydrogen (secondary N) is 3. The average Bonchev–Trinajstić information content (AvgIpc) is 2.55. The van der Waals surface area contributed by atoms with Gasteiger partial charge in [0.2, 0.25) is 0 Å². The minimum Gasteiger partial charge on any atom is -0.351 e. The summed E-state index contributed by atoms with van der Waals surface area (Å²) in [5.74, 6) is -0.203. The van der Waals surface area contributed by atoms with Crippen molar-refractivity contribution in [1.29, 1.82) is 0 Å². The predicted octanol–water partition coefficient (Wildman–Crippen LogP) is 3.77. The molecule has 0 aliphatic carbocycles. The molecule has 1 aliphatic heterocycles. The van der Waals surface area contributed by atoms with Gasteiger partial charge < -0.3 is 16.0 Å². The predicted molar refractivity (Wildman–Crippen MR) is 101 cm³/mol. The monoisotopic (exact) mass is 357 g/mol. The van der Waals surface area contributed by atoms with Crippen LogP contribution in [-0.2, 0) is 4.79 Å². The fourth-order valence-corrected chi connectivity index (χ4v) is 3.17. The number of halogens is 1. The molecule has 4 nitrogen and oxygen atoms in total. The van der Waals surface area contributed by atoms with Crippen molar-refractivity contribution in [2.45, 2.75) is 13.0 Å². The highest BCUT2D eigenvalue weighted by Gasteiger charge is 2.31. The summed E-state index contributed by atoms with van der Waals surface area (Å²) in [6.45, 7) is 1.83. The van der Waals surface area contributed by atoms with Crippen LogP contribution in [0.3, 0.4) is 0 Å². The Hall–Kier alpha value is -2.37. The maximum atomic E-state index is 12.8. The van der Waals surface area contributed by atoms with Crippen molar-refractivity contribution in [3.63, 3.8) is 0 Å². The van der Waals surface area contributed by atoms with Gasteiger partial charge in [-0.25, -0.2) is 0 Å². The molecule has 0 saturated carbocycles. The number of rotatable bonds is 3. The maximum Gasteiger partial charge on any atom is 0.255 e. The molecule has 1 aliphatic rings. The largest absolute Gasteiger partial charge is 0.351 e. The van der Waals surface area contributed by atoms with Crippen LogP contribution in [0.25, 0.3) is 0 Å². The van der Waals surface area contributed by atoms with Crippen LogP contribution in [0.15, 0.2) is 65.9 Å². The summed E-state index contributed by atoms with van der Waals surface area (Å²) in [5.41, 5.74) is 2.80. The van der Waals surface area contributed by atoms with E-state index in [9.17, 15) is 4.79 Å². The zero-order valence-electron chi connectivity index (χ0n) is 13.0. The number of anilines is 1. The Kier molecular flexibility index (Phi) is 4.83. The number of para-hydroxylation sites is 1. The zero-order chi connectivity index (χ0) is 17.1. The van der Waals surface area contributed by atoms with Gasteiger partial charge in [-0.15, -0.1) is 0 Å². The Morgan fingerprint density at radius 1 is 1.12 bits per heavy atom. The molecule has 1 heterocycles. The van der Waals surface area contributed by atoms with Crippen LogP contribution < -0.4 is 16.0 Å². The van der Waals surface area contributed by atoms with Gasteiger partial charge in [-0.05, 0) is 42.9 Å². The lowest BCUT2D eigenvalue weighted by Gasteiger charge is -2.30. The summed E-state index contributed by atoms with van der Waals surface area (Å²) >= 11 is 11.6. The number of benzene rings is 2. The van der Waals surface area contributed by atoms with Crippen molar-refractivity contribution in [1.82, 2.24) is 10.6 Å². The lowest BCUT2D eigenvalue weighted by Crippen LogP contribution is -2.45. The number of allylic oxidation sites excluding steroid dienone is 1. The smallest absolute Gasteiger partial charge is 0.255 e. The molecular formula is C18H16ClN3OS. The molecule has 6 heteroatoms. The van der Waals surface area contributed by atoms with E-state index in [-0.39, 0.29) is 5.91 Å². The quantitative estimate of drug-likeness (QED) is 0.732. The Labute approximate surface area is 150 Å². The summed E-state index contributed by atoms with van der Waals surface area (Å²) < 4.78 is 0. The van der Waals surface area contributed by atoms with Gasteiger partial charge in [0.25, 0.3) is 5.91 Å². The highest BCUT2D eigenvalue weighted by atomic mass is 35.5. The van der Waals surface area contributed by atoms with E-state index in [2.05, 4.69) is 16.0 Å². The second-order valence-corrected chi connectivity index (χ2v) is 6.23. The van der Waals surface area contributed by atoms with Crippen molar-refractivity contribution in [3.8, 4) is 0 Å². The van der Waals surface area contributed by atoms with Gasteiger partial charge in [-0.3, -0.25) is 4.79 Å². The molecule has 1 amide bonds. The van der Waals surface area contributed by atoms with E-state index < -0.39 is 6.04 Å². The number of carbonyl (C=O) groups excluding carboxylic acids is 1. The fourth-order valence-electron chi connectivity index (χ4n) is 2.66. The molecule has 0 fully saturated rings. The maximum absolute atomic E-state index is 12.8. The molecule has 122 valence electrons. The number of hydrogen-bond donors (Lipinski definition) is 3. The topological polar surface area (TPSA) is 53.2 Å². The minimum atomic E-state index is -0.406. The molecule has 0 bridgehead atoms. The normalized spacial score (nSPS) is 17.1. The third-order valence-corrected chi connectivity index (χ3v) is 4.33. The first-order valence-corrected chi connectivity index (χ1v) is 8.24. The molecule has 0 radical (unpaired) electrons. The van der Waals surface area contributed by atoms with Crippen LogP contribution in [0.2, 0.25) is 5.02 Å². The van der Waals surface area contributed by atoms with Crippen LogP contribution in [0.4, 0.5) is 5.69 Å². The second-order valence-electron chi connectivity index (χ2n) is 5.41. The first kappa shape index (κ1) is 16.5. The second kappa shape index (κ2) is 7.03. The van der Waals surface area contributed by atoms with Gasteiger partial charge in [0.1, 0.15) is 0 Å². The van der Waals surface area contributed by atoms with Crippen molar-refractivity contribution in [3.05, 3.63) is 76.5 Å². The lowest BCUT2D eigenvalue weighted by atomic mass is 9.95. The van der Waals surface area contributed by atoms with Gasteiger partial charge in [-0.2, -0.15) is 0 Å². The number of amides is 1. The molecule has 0 saturated heterocycles. The van der Waals surface area contributed by atoms with Gasteiger partial charge in [0.05, 0.1) is 11.6 Å². The van der Waals surface area contributed by atoms with Gasteiger partial charge in [-0.1, -0.05) is 48.0 Å². The van der Waals surface area contributed by atoms with E-state index in [1.54, 1.807) is 6.07 Å². The zero-order valence-corrected chi connectivity index (χ0v) is 14.5. The molecule has 3 N–H and O–H groups in total. The Balaban J connectivity index is 1.98. The Bertz CT molecular complexity index is 820. The molecule has 0 unspecified atom stereocenters. The van der Waals surface area contributed by atoms with E-state index in [1.807, 2.05) is 55.5 Å². The van der Waals surface area contributed by atoms with E-state index in [4.69, 9.17) is 23.8 Å². The van der Waals surface area contributed by atoms with Crippen LogP contribution in [0.5, 0.6) is 0 Å². The lowest BCUT2D eigenvalue weighted by molar-refractivity contribution is -0.113. The number of thiocarbonyl (C=S) groups is 1. The van der Waals surface area contributed by atoms with Crippen molar-refractivity contribution < 1.29 is 4.79 Å². The standard InChI is InChI=1S/C18H16ClN3OS/c1-11-15(17(23)21-12-7-3-2-4-8-12)16(22-18(24)20-11)13-9-5-6-10-14(13)19/h2-10,16H,1H3,(H,21,23)(H2,20,22,24)/t16-/m0/s1. The number of carbonyl (C=O) groups is 1. The summed E-state index contributed by atoms with van der Waals surface area (Å²) in [6, 6.07) is 16.3. The van der Waals surface area contributed by atoms with Crippen LogP contribution in [0.1, 0.15) is 18.5 Å². The van der Waals surface area contributed by atoms with Crippen LogP contribution in [0, 0.1) is 0 Å². The molecule has 2 aromatic carbocycles. The van der Waals surface area contributed by atoms with Crippen molar-refractivity contribution in [2.24, 2.45) is 0 Å². The van der Waals surface area contributed by atoms with Gasteiger partial charge >= 0.3 is 0 Å². The van der Waals surface area contributed by atoms with Crippen molar-refractivity contribution in [2.75, 3.05) is 5.32 Å². The molecule has 2 aromatic rings. The van der Waals surface area contributed by atoms with E-state index in [0.717, 1.165) is 11.3 Å². The molecule has 0 aromatic heterocycles. The van der Waals surface area contributed by atoms with Crippen LogP contribution >= 0.6 is 23.8 Å². The summed E-state index contributed by atoms with van der Waals surface area (Å²) in [6.07, 6.45) is 0. The molecule has 3 rings (SSSR count). The Morgan fingerprint density at radius 2 is 1.79 bits per heavy atom. The Morgan fingerprint density at radius 3 is 2.50 bits per heavy atom. The van der Waals surface area contributed by atoms with Gasteiger partial charge in [0, 0.05) is 16.4 Å². The van der Waals surface area contributed by atoms with Crippen LogP contribution in [-0.4, -0.2) is 11.0 Å². The summed E-state index contributed by atoms with van der Waals surface area (Å²) in [4.78, 5) is 12.8. The highest BCUT2D eigenvalue weighted by Crippen LogP contribution is 2.32. The van der Waals surface area contributed by atoms with Crippen molar-refractivity contribution >= 4 is 40.5 Å². The average molecular weight is 358 g/mol. The third kappa shape index (κ3) is 3.42. The molecule has 24 heavy (non-hydrogen) atoms. The molecular weight excluding hydrogens is 342 g/mol. The fraction of sp³-hybridized carbons (Fsp3) is 0.111. The third-order valence-electron chi connectivity index (χ3n) is 3.76. The van der Waals surface area contributed by atoms with Gasteiger partial charge in [0.15, 0.2) is 5.11 Å².